The zero-order valence-electron chi connectivity index (χ0n) is 11.9. The molecule has 2 aliphatic heterocycles. The Balaban J connectivity index is 1.71. The molecule has 0 saturated carbocycles. The number of ether oxygens (including phenoxy) is 1. The average molecular weight is 274 g/mol. The zero-order chi connectivity index (χ0) is 13.9. The van der Waals surface area contributed by atoms with E-state index < -0.39 is 6.10 Å². The molecule has 2 aliphatic rings. The second-order valence-electron chi connectivity index (χ2n) is 5.71. The number of fused-ring (bicyclic) bond motifs is 1. The fraction of sp³-hybridized carbons (Fsp3) is 0.562. The molecule has 1 amide bonds. The Labute approximate surface area is 120 Å². The zero-order valence-corrected chi connectivity index (χ0v) is 11.9. The van der Waals surface area contributed by atoms with E-state index >= 15 is 0 Å². The first-order chi connectivity index (χ1) is 9.79. The molecule has 0 aromatic heterocycles. The van der Waals surface area contributed by atoms with Crippen LogP contribution in [0.5, 0.6) is 0 Å². The number of carbonyl (C=O) groups excluding carboxylic acids is 1. The van der Waals surface area contributed by atoms with Gasteiger partial charge in [0, 0.05) is 26.2 Å². The molecule has 0 spiro atoms. The van der Waals surface area contributed by atoms with Gasteiger partial charge in [-0.15, -0.1) is 0 Å². The molecule has 0 aliphatic carbocycles. The minimum atomic E-state index is -0.470. The van der Waals surface area contributed by atoms with Crippen LogP contribution in [-0.4, -0.2) is 43.6 Å². The summed E-state index contributed by atoms with van der Waals surface area (Å²) in [5.74, 6) is 0.713. The van der Waals surface area contributed by atoms with Crippen LogP contribution in [0, 0.1) is 5.92 Å². The van der Waals surface area contributed by atoms with E-state index in [-0.39, 0.29) is 5.91 Å². The molecule has 0 radical (unpaired) electrons. The normalized spacial score (nSPS) is 27.1. The standard InChI is InChI=1S/C16H22N2O2/c1-20-15(12-5-3-2-4-6-12)16(19)18-10-8-14-13(11-18)7-9-17-14/h2-6,13-15,17H,7-11H2,1H3. The number of nitrogens with one attached hydrogen (secondary N) is 1. The van der Waals surface area contributed by atoms with Crippen LogP contribution in [0.25, 0.3) is 0 Å². The fourth-order valence-electron chi connectivity index (χ4n) is 3.42. The van der Waals surface area contributed by atoms with Crippen molar-refractivity contribution in [1.82, 2.24) is 10.2 Å². The van der Waals surface area contributed by atoms with Crippen LogP contribution in [0.15, 0.2) is 30.3 Å². The molecule has 4 nitrogen and oxygen atoms in total. The molecule has 3 rings (SSSR count). The molecule has 4 heteroatoms. The molecule has 2 saturated heterocycles. The Bertz CT molecular complexity index is 463. The lowest BCUT2D eigenvalue weighted by Gasteiger charge is -2.36. The van der Waals surface area contributed by atoms with Crippen molar-refractivity contribution in [3.63, 3.8) is 0 Å². The monoisotopic (exact) mass is 274 g/mol. The number of likely N-dealkylation sites (tertiary alicyclic amines) is 1. The lowest BCUT2D eigenvalue weighted by Crippen LogP contribution is -2.48. The second-order valence-corrected chi connectivity index (χ2v) is 5.71. The van der Waals surface area contributed by atoms with Crippen molar-refractivity contribution in [2.24, 2.45) is 5.92 Å². The summed E-state index contributed by atoms with van der Waals surface area (Å²) < 4.78 is 5.46. The van der Waals surface area contributed by atoms with Crippen LogP contribution >= 0.6 is 0 Å². The molecule has 20 heavy (non-hydrogen) atoms. The summed E-state index contributed by atoms with van der Waals surface area (Å²) in [6.45, 7) is 2.78. The third-order valence-corrected chi connectivity index (χ3v) is 4.53. The number of carbonyl (C=O) groups is 1. The van der Waals surface area contributed by atoms with Crippen molar-refractivity contribution in [2.45, 2.75) is 25.0 Å². The van der Waals surface area contributed by atoms with E-state index in [2.05, 4.69) is 5.32 Å². The Kier molecular flexibility index (Phi) is 4.03. The summed E-state index contributed by atoms with van der Waals surface area (Å²) in [5.41, 5.74) is 0.937. The Morgan fingerprint density at radius 3 is 2.90 bits per heavy atom. The predicted octanol–water partition coefficient (Wildman–Crippen LogP) is 1.58. The minimum absolute atomic E-state index is 0.101. The van der Waals surface area contributed by atoms with E-state index in [9.17, 15) is 4.79 Å². The van der Waals surface area contributed by atoms with Gasteiger partial charge in [-0.05, 0) is 30.9 Å². The largest absolute Gasteiger partial charge is 0.367 e. The molecule has 1 aromatic rings. The highest BCUT2D eigenvalue weighted by atomic mass is 16.5. The van der Waals surface area contributed by atoms with E-state index in [0.29, 0.717) is 12.0 Å². The number of piperidine rings is 1. The molecule has 3 unspecified atom stereocenters. The highest BCUT2D eigenvalue weighted by Crippen LogP contribution is 2.27. The van der Waals surface area contributed by atoms with Gasteiger partial charge in [-0.3, -0.25) is 4.79 Å². The number of benzene rings is 1. The first kappa shape index (κ1) is 13.6. The average Bonchev–Trinajstić information content (AvgIpc) is 2.96. The van der Waals surface area contributed by atoms with Gasteiger partial charge in [0.15, 0.2) is 6.10 Å². The van der Waals surface area contributed by atoms with Crippen molar-refractivity contribution in [1.29, 1.82) is 0 Å². The maximum atomic E-state index is 12.7. The first-order valence-corrected chi connectivity index (χ1v) is 7.39. The Morgan fingerprint density at radius 2 is 2.15 bits per heavy atom. The van der Waals surface area contributed by atoms with Gasteiger partial charge in [-0.25, -0.2) is 0 Å². The lowest BCUT2D eigenvalue weighted by atomic mass is 9.92. The predicted molar refractivity (Wildman–Crippen MR) is 77.3 cm³/mol. The number of rotatable bonds is 3. The first-order valence-electron chi connectivity index (χ1n) is 7.39. The van der Waals surface area contributed by atoms with Gasteiger partial charge >= 0.3 is 0 Å². The summed E-state index contributed by atoms with van der Waals surface area (Å²) in [6.07, 6.45) is 1.76. The van der Waals surface area contributed by atoms with Gasteiger partial charge in [0.05, 0.1) is 0 Å². The van der Waals surface area contributed by atoms with Gasteiger partial charge < -0.3 is 15.0 Å². The highest BCUT2D eigenvalue weighted by molar-refractivity contribution is 5.82. The van der Waals surface area contributed by atoms with Crippen molar-refractivity contribution >= 4 is 5.91 Å². The van der Waals surface area contributed by atoms with Crippen molar-refractivity contribution < 1.29 is 9.53 Å². The number of amides is 1. The van der Waals surface area contributed by atoms with E-state index in [1.54, 1.807) is 7.11 Å². The number of nitrogens with zero attached hydrogens (tertiary/aromatic N) is 1. The minimum Gasteiger partial charge on any atom is -0.367 e. The number of hydrogen-bond acceptors (Lipinski definition) is 3. The molecule has 1 aromatic carbocycles. The molecule has 2 fully saturated rings. The molecule has 1 N–H and O–H groups in total. The van der Waals surface area contributed by atoms with Crippen LogP contribution < -0.4 is 5.32 Å². The number of methoxy groups -OCH3 is 1. The van der Waals surface area contributed by atoms with Gasteiger partial charge in [0.25, 0.3) is 5.91 Å². The van der Waals surface area contributed by atoms with Gasteiger partial charge in [0.1, 0.15) is 0 Å². The molecule has 2 heterocycles. The summed E-state index contributed by atoms with van der Waals surface area (Å²) in [5, 5.41) is 3.52. The summed E-state index contributed by atoms with van der Waals surface area (Å²) >= 11 is 0. The van der Waals surface area contributed by atoms with Crippen molar-refractivity contribution in [3.05, 3.63) is 35.9 Å². The maximum Gasteiger partial charge on any atom is 0.256 e. The van der Waals surface area contributed by atoms with Crippen LogP contribution in [0.4, 0.5) is 0 Å². The van der Waals surface area contributed by atoms with Crippen LogP contribution in [0.1, 0.15) is 24.5 Å². The van der Waals surface area contributed by atoms with Crippen molar-refractivity contribution in [2.75, 3.05) is 26.7 Å². The highest BCUT2D eigenvalue weighted by Gasteiger charge is 2.36. The SMILES string of the molecule is COC(C(=O)N1CCC2NCCC2C1)c1ccccc1. The smallest absolute Gasteiger partial charge is 0.256 e. The van der Waals surface area contributed by atoms with E-state index in [1.807, 2.05) is 35.2 Å². The van der Waals surface area contributed by atoms with E-state index in [0.717, 1.165) is 31.6 Å². The second kappa shape index (κ2) is 5.94. The number of hydrogen-bond donors (Lipinski definition) is 1. The molecule has 0 bridgehead atoms. The van der Waals surface area contributed by atoms with Gasteiger partial charge in [-0.2, -0.15) is 0 Å². The van der Waals surface area contributed by atoms with Crippen LogP contribution in [0.3, 0.4) is 0 Å². The summed E-state index contributed by atoms with van der Waals surface area (Å²) in [7, 11) is 1.61. The topological polar surface area (TPSA) is 41.6 Å². The van der Waals surface area contributed by atoms with Crippen LogP contribution in [0.2, 0.25) is 0 Å². The molecular formula is C16H22N2O2. The summed E-state index contributed by atoms with van der Waals surface area (Å²) in [4.78, 5) is 14.7. The quantitative estimate of drug-likeness (QED) is 0.910. The Morgan fingerprint density at radius 1 is 1.35 bits per heavy atom. The maximum absolute atomic E-state index is 12.7. The van der Waals surface area contributed by atoms with Crippen molar-refractivity contribution in [3.8, 4) is 0 Å². The summed E-state index contributed by atoms with van der Waals surface area (Å²) in [6, 6.07) is 10.4. The third-order valence-electron chi connectivity index (χ3n) is 4.53. The fourth-order valence-corrected chi connectivity index (χ4v) is 3.42. The van der Waals surface area contributed by atoms with Crippen LogP contribution in [-0.2, 0) is 9.53 Å². The van der Waals surface area contributed by atoms with E-state index in [1.165, 1.54) is 6.42 Å². The molecular weight excluding hydrogens is 252 g/mol. The lowest BCUT2D eigenvalue weighted by molar-refractivity contribution is -0.144. The van der Waals surface area contributed by atoms with E-state index in [4.69, 9.17) is 4.74 Å². The third kappa shape index (κ3) is 2.58. The molecule has 108 valence electrons. The van der Waals surface area contributed by atoms with Gasteiger partial charge in [-0.1, -0.05) is 30.3 Å². The van der Waals surface area contributed by atoms with Gasteiger partial charge in [0.2, 0.25) is 0 Å². The molecule has 3 atom stereocenters. The Hall–Kier alpha value is -1.39.